The molecule has 23 heavy (non-hydrogen) atoms. The highest BCUT2D eigenvalue weighted by Gasteiger charge is 2.32. The number of nitrogens with zero attached hydrogens (tertiary/aromatic N) is 1. The Morgan fingerprint density at radius 3 is 2.65 bits per heavy atom. The summed E-state index contributed by atoms with van der Waals surface area (Å²) in [6.45, 7) is 2.72. The second kappa shape index (κ2) is 6.20. The quantitative estimate of drug-likeness (QED) is 0.656. The number of benzene rings is 1. The molecule has 0 aliphatic carbocycles. The van der Waals surface area contributed by atoms with Crippen LogP contribution < -0.4 is 5.73 Å². The minimum absolute atomic E-state index is 0.173. The first-order valence-electron chi connectivity index (χ1n) is 7.52. The molecule has 0 spiro atoms. The van der Waals surface area contributed by atoms with Crippen LogP contribution in [0.25, 0.3) is 0 Å². The van der Waals surface area contributed by atoms with E-state index >= 15 is 0 Å². The number of rotatable bonds is 4. The number of carbonyl (C=O) groups is 2. The number of fused-ring (bicyclic) bond motifs is 1. The molecule has 0 saturated carbocycles. The molecule has 2 aromatic rings. The van der Waals surface area contributed by atoms with Crippen LogP contribution in [-0.2, 0) is 17.7 Å². The Morgan fingerprint density at radius 1 is 1.30 bits per heavy atom. The van der Waals surface area contributed by atoms with E-state index in [9.17, 15) is 9.59 Å². The zero-order valence-corrected chi connectivity index (χ0v) is 14.4. The molecule has 0 bridgehead atoms. The Labute approximate surface area is 142 Å². The van der Waals surface area contributed by atoms with Gasteiger partial charge in [-0.3, -0.25) is 4.79 Å². The van der Waals surface area contributed by atoms with Crippen molar-refractivity contribution in [2.75, 3.05) is 12.3 Å². The van der Waals surface area contributed by atoms with E-state index in [0.29, 0.717) is 23.4 Å². The number of ether oxygens (including phenoxy) is 1. The summed E-state index contributed by atoms with van der Waals surface area (Å²) in [5, 5.41) is 0. The van der Waals surface area contributed by atoms with Gasteiger partial charge in [-0.2, -0.15) is 0 Å². The van der Waals surface area contributed by atoms with E-state index in [1.165, 1.54) is 0 Å². The van der Waals surface area contributed by atoms with E-state index in [1.54, 1.807) is 19.1 Å². The average molecular weight is 377 g/mol. The molecule has 1 aliphatic heterocycles. The van der Waals surface area contributed by atoms with Crippen LogP contribution in [-0.4, -0.2) is 22.9 Å². The molecule has 3 rings (SSSR count). The molecular weight excluding hydrogens is 360 g/mol. The summed E-state index contributed by atoms with van der Waals surface area (Å²) in [6, 6.07) is 7.10. The maximum Gasteiger partial charge on any atom is 0.342 e. The fourth-order valence-corrected chi connectivity index (χ4v) is 3.28. The Bertz CT molecular complexity index is 778. The molecule has 5 nitrogen and oxygen atoms in total. The van der Waals surface area contributed by atoms with Crippen LogP contribution in [0.4, 0.5) is 5.69 Å². The van der Waals surface area contributed by atoms with Gasteiger partial charge >= 0.3 is 5.97 Å². The van der Waals surface area contributed by atoms with Crippen LogP contribution in [0.2, 0.25) is 0 Å². The van der Waals surface area contributed by atoms with Crippen molar-refractivity contribution in [3.63, 3.8) is 0 Å². The molecule has 1 aromatic heterocycles. The third-order valence-corrected chi connectivity index (χ3v) is 4.53. The maximum absolute atomic E-state index is 12.9. The number of carbonyl (C=O) groups excluding carboxylic acids is 2. The normalized spacial score (nSPS) is 13.0. The number of nitrogens with two attached hydrogens (primary N) is 1. The fourth-order valence-electron chi connectivity index (χ4n) is 3.01. The predicted octanol–water partition coefficient (Wildman–Crippen LogP) is 3.19. The molecular formula is C17H17BrN2O3. The molecule has 0 saturated heterocycles. The molecule has 6 heteroatoms. The average Bonchev–Trinajstić information content (AvgIpc) is 3.07. The molecule has 2 N–H and O–H groups in total. The lowest BCUT2D eigenvalue weighted by molar-refractivity contribution is 0.0526. The van der Waals surface area contributed by atoms with Crippen molar-refractivity contribution < 1.29 is 14.3 Å². The molecule has 0 fully saturated rings. The molecule has 0 radical (unpaired) electrons. The van der Waals surface area contributed by atoms with Gasteiger partial charge in [-0.15, -0.1) is 0 Å². The predicted molar refractivity (Wildman–Crippen MR) is 90.7 cm³/mol. The van der Waals surface area contributed by atoms with Gasteiger partial charge in [-0.25, -0.2) is 4.79 Å². The van der Waals surface area contributed by atoms with Crippen LogP contribution >= 0.6 is 15.9 Å². The van der Waals surface area contributed by atoms with E-state index in [2.05, 4.69) is 15.9 Å². The smallest absolute Gasteiger partial charge is 0.342 e. The maximum atomic E-state index is 12.9. The van der Waals surface area contributed by atoms with Gasteiger partial charge in [0.25, 0.3) is 0 Å². The van der Waals surface area contributed by atoms with Gasteiger partial charge in [0.2, 0.25) is 5.78 Å². The number of hydrogen-bond donors (Lipinski definition) is 1. The molecule has 2 heterocycles. The molecule has 0 amide bonds. The lowest BCUT2D eigenvalue weighted by Gasteiger charge is -2.07. The Morgan fingerprint density at radius 2 is 2.00 bits per heavy atom. The van der Waals surface area contributed by atoms with E-state index < -0.39 is 5.97 Å². The van der Waals surface area contributed by atoms with Gasteiger partial charge in [0, 0.05) is 22.3 Å². The molecule has 1 aromatic carbocycles. The van der Waals surface area contributed by atoms with Crippen molar-refractivity contribution in [2.24, 2.45) is 0 Å². The summed E-state index contributed by atoms with van der Waals surface area (Å²) < 4.78 is 7.86. The van der Waals surface area contributed by atoms with Crippen molar-refractivity contribution in [3.8, 4) is 0 Å². The highest BCUT2D eigenvalue weighted by atomic mass is 79.9. The van der Waals surface area contributed by atoms with E-state index in [1.807, 2.05) is 16.7 Å². The van der Waals surface area contributed by atoms with E-state index in [0.717, 1.165) is 23.0 Å². The summed E-state index contributed by atoms with van der Waals surface area (Å²) in [5.41, 5.74) is 8.48. The lowest BCUT2D eigenvalue weighted by Crippen LogP contribution is -2.12. The number of esters is 1. The topological polar surface area (TPSA) is 74.3 Å². The van der Waals surface area contributed by atoms with Gasteiger partial charge in [-0.05, 0) is 44.0 Å². The van der Waals surface area contributed by atoms with Crippen LogP contribution in [0.5, 0.6) is 0 Å². The van der Waals surface area contributed by atoms with Crippen molar-refractivity contribution in [3.05, 3.63) is 51.3 Å². The summed E-state index contributed by atoms with van der Waals surface area (Å²) >= 11 is 3.35. The first kappa shape index (κ1) is 15.8. The standard InChI is InChI=1S/C17H17BrN2O3/c1-2-23-17(22)13-12-4-3-9-20(12)15(14(13)19)16(21)10-5-7-11(18)8-6-10/h5-8H,2-4,9,19H2,1H3. The number of hydrogen-bond acceptors (Lipinski definition) is 4. The van der Waals surface area contributed by atoms with Gasteiger partial charge in [0.1, 0.15) is 11.3 Å². The zero-order valence-electron chi connectivity index (χ0n) is 12.8. The van der Waals surface area contributed by atoms with Gasteiger partial charge in [0.15, 0.2) is 0 Å². The fraction of sp³-hybridized carbons (Fsp3) is 0.294. The number of ketones is 1. The molecule has 0 unspecified atom stereocenters. The minimum atomic E-state index is -0.453. The van der Waals surface area contributed by atoms with Gasteiger partial charge in [-0.1, -0.05) is 15.9 Å². The first-order valence-corrected chi connectivity index (χ1v) is 8.32. The largest absolute Gasteiger partial charge is 0.462 e. The van der Waals surface area contributed by atoms with Crippen LogP contribution in [0.3, 0.4) is 0 Å². The number of nitrogen functional groups attached to an aromatic ring is 1. The SMILES string of the molecule is CCOC(=O)c1c(N)c(C(=O)c2ccc(Br)cc2)n2c1CCC2. The minimum Gasteiger partial charge on any atom is -0.462 e. The summed E-state index contributed by atoms with van der Waals surface area (Å²) in [7, 11) is 0. The highest BCUT2D eigenvalue weighted by Crippen LogP contribution is 2.33. The molecule has 0 atom stereocenters. The van der Waals surface area contributed by atoms with Crippen molar-refractivity contribution in [2.45, 2.75) is 26.3 Å². The van der Waals surface area contributed by atoms with E-state index in [-0.39, 0.29) is 18.1 Å². The Kier molecular flexibility index (Phi) is 4.26. The second-order valence-electron chi connectivity index (χ2n) is 5.40. The number of anilines is 1. The molecule has 1 aliphatic rings. The molecule has 120 valence electrons. The second-order valence-corrected chi connectivity index (χ2v) is 6.31. The summed E-state index contributed by atoms with van der Waals surface area (Å²) in [6.07, 6.45) is 1.62. The first-order chi connectivity index (χ1) is 11.0. The van der Waals surface area contributed by atoms with Gasteiger partial charge in [0.05, 0.1) is 12.3 Å². The van der Waals surface area contributed by atoms with Crippen molar-refractivity contribution in [1.82, 2.24) is 4.57 Å². The van der Waals surface area contributed by atoms with Crippen molar-refractivity contribution >= 4 is 33.4 Å². The van der Waals surface area contributed by atoms with Crippen molar-refractivity contribution in [1.29, 1.82) is 0 Å². The number of aromatic nitrogens is 1. The Balaban J connectivity index is 2.09. The van der Waals surface area contributed by atoms with Crippen LogP contribution in [0.1, 0.15) is 45.4 Å². The van der Waals surface area contributed by atoms with Crippen LogP contribution in [0.15, 0.2) is 28.7 Å². The van der Waals surface area contributed by atoms with E-state index in [4.69, 9.17) is 10.5 Å². The summed E-state index contributed by atoms with van der Waals surface area (Å²) in [5.74, 6) is -0.626. The van der Waals surface area contributed by atoms with Crippen LogP contribution in [0, 0.1) is 0 Å². The lowest BCUT2D eigenvalue weighted by atomic mass is 10.1. The monoisotopic (exact) mass is 376 g/mol. The number of halogens is 1. The Hall–Kier alpha value is -2.08. The zero-order chi connectivity index (χ0) is 16.6. The summed E-state index contributed by atoms with van der Waals surface area (Å²) in [4.78, 5) is 25.1. The van der Waals surface area contributed by atoms with Gasteiger partial charge < -0.3 is 15.0 Å². The third kappa shape index (κ3) is 2.67. The third-order valence-electron chi connectivity index (χ3n) is 4.01. The highest BCUT2D eigenvalue weighted by molar-refractivity contribution is 9.10.